The fourth-order valence-corrected chi connectivity index (χ4v) is 5.41. The summed E-state index contributed by atoms with van der Waals surface area (Å²) < 4.78 is 49.9. The molecule has 8 nitrogen and oxygen atoms in total. The van der Waals surface area contributed by atoms with E-state index < -0.39 is 20.0 Å². The van der Waals surface area contributed by atoms with Crippen molar-refractivity contribution >= 4 is 20.0 Å². The summed E-state index contributed by atoms with van der Waals surface area (Å²) in [7, 11) is -7.66. The number of piperazine rings is 1. The van der Waals surface area contributed by atoms with Crippen molar-refractivity contribution in [2.45, 2.75) is 22.3 Å². The first-order chi connectivity index (χ1) is 11.3. The molecule has 134 valence electrons. The molecule has 0 aliphatic carbocycles. The van der Waals surface area contributed by atoms with E-state index in [0.717, 1.165) is 38.7 Å². The minimum Gasteiger partial charge on any atom is -0.314 e. The number of hydrogen-bond donors (Lipinski definition) is 2. The molecule has 0 bridgehead atoms. The second-order valence-corrected chi connectivity index (χ2v) is 9.61. The Labute approximate surface area is 142 Å². The predicted octanol–water partition coefficient (Wildman–Crippen LogP) is -0.998. The number of benzene rings is 1. The third-order valence-corrected chi connectivity index (χ3v) is 7.34. The SMILES string of the molecule is NS(=O)(=O)c1cccc(S(=O)(=O)N2CCC(N3CCNCC3)C2)c1. The molecule has 2 saturated heterocycles. The molecule has 2 aliphatic rings. The monoisotopic (exact) mass is 374 g/mol. The number of nitrogens with two attached hydrogens (primary N) is 1. The Morgan fingerprint density at radius 2 is 1.71 bits per heavy atom. The molecular formula is C14H22N4O4S2. The van der Waals surface area contributed by atoms with Crippen LogP contribution in [0.3, 0.4) is 0 Å². The summed E-state index contributed by atoms with van der Waals surface area (Å²) in [6, 6.07) is 5.44. The van der Waals surface area contributed by atoms with E-state index in [2.05, 4.69) is 10.2 Å². The lowest BCUT2D eigenvalue weighted by Gasteiger charge is -2.32. The second kappa shape index (κ2) is 6.70. The zero-order valence-electron chi connectivity index (χ0n) is 13.3. The smallest absolute Gasteiger partial charge is 0.243 e. The van der Waals surface area contributed by atoms with Gasteiger partial charge in [0.05, 0.1) is 9.79 Å². The Kier molecular flexibility index (Phi) is 4.96. The molecule has 2 aliphatic heterocycles. The van der Waals surface area contributed by atoms with Gasteiger partial charge in [0.1, 0.15) is 0 Å². The highest BCUT2D eigenvalue weighted by molar-refractivity contribution is 7.90. The number of hydrogen-bond acceptors (Lipinski definition) is 6. The summed E-state index contributed by atoms with van der Waals surface area (Å²) in [6.07, 6.45) is 0.786. The predicted molar refractivity (Wildman–Crippen MR) is 89.4 cm³/mol. The molecule has 1 aromatic carbocycles. The maximum absolute atomic E-state index is 12.8. The molecule has 24 heavy (non-hydrogen) atoms. The standard InChI is InChI=1S/C14H22N4O4S2/c15-23(19,20)13-2-1-3-14(10-13)24(21,22)18-7-4-12(11-18)17-8-5-16-6-9-17/h1-3,10,12,16H,4-9,11H2,(H2,15,19,20). The summed E-state index contributed by atoms with van der Waals surface area (Å²) in [5.41, 5.74) is 0. The first-order valence-electron chi connectivity index (χ1n) is 7.86. The summed E-state index contributed by atoms with van der Waals surface area (Å²) in [5, 5.41) is 8.38. The van der Waals surface area contributed by atoms with Crippen LogP contribution in [0.15, 0.2) is 34.1 Å². The molecular weight excluding hydrogens is 352 g/mol. The summed E-state index contributed by atoms with van der Waals surface area (Å²) >= 11 is 0. The summed E-state index contributed by atoms with van der Waals surface area (Å²) in [4.78, 5) is 2.09. The topological polar surface area (TPSA) is 113 Å². The molecule has 0 spiro atoms. The van der Waals surface area contributed by atoms with Crippen LogP contribution in [0, 0.1) is 0 Å². The van der Waals surface area contributed by atoms with Gasteiger partial charge in [0, 0.05) is 45.3 Å². The minimum atomic E-state index is -3.94. The van der Waals surface area contributed by atoms with Crippen molar-refractivity contribution in [3.63, 3.8) is 0 Å². The molecule has 2 heterocycles. The lowest BCUT2D eigenvalue weighted by atomic mass is 10.2. The van der Waals surface area contributed by atoms with E-state index in [0.29, 0.717) is 13.1 Å². The van der Waals surface area contributed by atoms with Gasteiger partial charge in [-0.2, -0.15) is 4.31 Å². The van der Waals surface area contributed by atoms with Crippen molar-refractivity contribution in [1.82, 2.24) is 14.5 Å². The number of rotatable bonds is 4. The van der Waals surface area contributed by atoms with Gasteiger partial charge in [0.25, 0.3) is 0 Å². The van der Waals surface area contributed by atoms with E-state index in [1.54, 1.807) is 0 Å². The van der Waals surface area contributed by atoms with Crippen molar-refractivity contribution in [2.75, 3.05) is 39.3 Å². The molecule has 0 amide bonds. The van der Waals surface area contributed by atoms with Crippen LogP contribution in [-0.4, -0.2) is 71.4 Å². The molecule has 0 saturated carbocycles. The highest BCUT2D eigenvalue weighted by Gasteiger charge is 2.35. The number of sulfonamides is 2. The van der Waals surface area contributed by atoms with Crippen molar-refractivity contribution in [2.24, 2.45) is 5.14 Å². The Balaban J connectivity index is 1.79. The molecule has 0 radical (unpaired) electrons. The van der Waals surface area contributed by atoms with Gasteiger partial charge in [0.15, 0.2) is 0 Å². The van der Waals surface area contributed by atoms with Crippen LogP contribution in [-0.2, 0) is 20.0 Å². The van der Waals surface area contributed by atoms with Crippen molar-refractivity contribution in [3.05, 3.63) is 24.3 Å². The van der Waals surface area contributed by atoms with Crippen LogP contribution >= 0.6 is 0 Å². The Bertz CT molecular complexity index is 804. The average molecular weight is 374 g/mol. The molecule has 0 aromatic heterocycles. The van der Waals surface area contributed by atoms with Gasteiger partial charge < -0.3 is 5.32 Å². The van der Waals surface area contributed by atoms with Crippen molar-refractivity contribution in [3.8, 4) is 0 Å². The van der Waals surface area contributed by atoms with Gasteiger partial charge in [-0.05, 0) is 24.6 Å². The maximum Gasteiger partial charge on any atom is 0.243 e. The Hall–Kier alpha value is -1.04. The van der Waals surface area contributed by atoms with E-state index in [4.69, 9.17) is 5.14 Å². The van der Waals surface area contributed by atoms with E-state index >= 15 is 0 Å². The normalized spacial score (nSPS) is 24.3. The molecule has 1 unspecified atom stereocenters. The zero-order chi connectivity index (χ0) is 17.4. The van der Waals surface area contributed by atoms with E-state index in [1.165, 1.54) is 22.5 Å². The fourth-order valence-electron chi connectivity index (χ4n) is 3.23. The van der Waals surface area contributed by atoms with Gasteiger partial charge in [-0.15, -0.1) is 0 Å². The highest BCUT2D eigenvalue weighted by Crippen LogP contribution is 2.25. The number of primary sulfonamides is 1. The molecule has 1 atom stereocenters. The third kappa shape index (κ3) is 3.63. The van der Waals surface area contributed by atoms with Crippen LogP contribution in [0.5, 0.6) is 0 Å². The lowest BCUT2D eigenvalue weighted by Crippen LogP contribution is -2.49. The van der Waals surface area contributed by atoms with Crippen molar-refractivity contribution in [1.29, 1.82) is 0 Å². The molecule has 10 heteroatoms. The van der Waals surface area contributed by atoms with Crippen LogP contribution in [0.1, 0.15) is 6.42 Å². The second-order valence-electron chi connectivity index (χ2n) is 6.11. The van der Waals surface area contributed by atoms with Crippen LogP contribution < -0.4 is 10.5 Å². The largest absolute Gasteiger partial charge is 0.314 e. The van der Waals surface area contributed by atoms with Crippen LogP contribution in [0.25, 0.3) is 0 Å². The molecule has 3 N–H and O–H groups in total. The number of nitrogens with zero attached hydrogens (tertiary/aromatic N) is 2. The fraction of sp³-hybridized carbons (Fsp3) is 0.571. The van der Waals surface area contributed by atoms with Gasteiger partial charge >= 0.3 is 0 Å². The Morgan fingerprint density at radius 3 is 2.38 bits per heavy atom. The third-order valence-electron chi connectivity index (χ3n) is 4.57. The zero-order valence-corrected chi connectivity index (χ0v) is 14.9. The van der Waals surface area contributed by atoms with Gasteiger partial charge in [-0.3, -0.25) is 4.90 Å². The highest BCUT2D eigenvalue weighted by atomic mass is 32.2. The first kappa shape index (κ1) is 17.8. The Morgan fingerprint density at radius 1 is 1.04 bits per heavy atom. The molecule has 3 rings (SSSR count). The number of nitrogens with one attached hydrogen (secondary N) is 1. The van der Waals surface area contributed by atoms with E-state index in [1.807, 2.05) is 0 Å². The summed E-state index contributed by atoms with van der Waals surface area (Å²) in [5.74, 6) is 0. The van der Waals surface area contributed by atoms with Gasteiger partial charge in [0.2, 0.25) is 20.0 Å². The van der Waals surface area contributed by atoms with Crippen LogP contribution in [0.2, 0.25) is 0 Å². The lowest BCUT2D eigenvalue weighted by molar-refractivity contribution is 0.179. The van der Waals surface area contributed by atoms with Crippen molar-refractivity contribution < 1.29 is 16.8 Å². The molecule has 1 aromatic rings. The van der Waals surface area contributed by atoms with Gasteiger partial charge in [-0.25, -0.2) is 22.0 Å². The average Bonchev–Trinajstić information content (AvgIpc) is 3.06. The van der Waals surface area contributed by atoms with E-state index in [9.17, 15) is 16.8 Å². The van der Waals surface area contributed by atoms with Crippen LogP contribution in [0.4, 0.5) is 0 Å². The summed E-state index contributed by atoms with van der Waals surface area (Å²) in [6.45, 7) is 4.54. The van der Waals surface area contributed by atoms with E-state index in [-0.39, 0.29) is 15.8 Å². The minimum absolute atomic E-state index is 0.0324. The van der Waals surface area contributed by atoms with Gasteiger partial charge in [-0.1, -0.05) is 6.07 Å². The molecule has 2 fully saturated rings. The maximum atomic E-state index is 12.8. The quantitative estimate of drug-likeness (QED) is 0.699. The first-order valence-corrected chi connectivity index (χ1v) is 10.8.